The Bertz CT molecular complexity index is 516. The SMILES string of the molecule is C#Cc1cc(C2CCC(CO)N2)c(=O)[nH]c1N.CC. The lowest BCUT2D eigenvalue weighted by atomic mass is 10.0. The van der Waals surface area contributed by atoms with Crippen LogP contribution < -0.4 is 16.6 Å². The van der Waals surface area contributed by atoms with Crippen LogP contribution in [-0.4, -0.2) is 22.7 Å². The van der Waals surface area contributed by atoms with Crippen LogP contribution in [0.15, 0.2) is 10.9 Å². The Hall–Kier alpha value is -1.77. The molecule has 1 aliphatic heterocycles. The van der Waals surface area contributed by atoms with E-state index in [2.05, 4.69) is 16.2 Å². The number of nitrogens with two attached hydrogens (primary N) is 1. The van der Waals surface area contributed by atoms with Crippen LogP contribution in [0.4, 0.5) is 5.82 Å². The van der Waals surface area contributed by atoms with Crippen molar-refractivity contribution in [2.75, 3.05) is 12.3 Å². The van der Waals surface area contributed by atoms with Crippen molar-refractivity contribution in [2.45, 2.75) is 38.8 Å². The molecule has 2 rings (SSSR count). The van der Waals surface area contributed by atoms with Crippen LogP contribution in [0.25, 0.3) is 0 Å². The van der Waals surface area contributed by atoms with E-state index < -0.39 is 0 Å². The van der Waals surface area contributed by atoms with E-state index in [0.29, 0.717) is 11.1 Å². The highest BCUT2D eigenvalue weighted by Gasteiger charge is 2.26. The van der Waals surface area contributed by atoms with Crippen molar-refractivity contribution < 1.29 is 5.11 Å². The van der Waals surface area contributed by atoms with Crippen LogP contribution in [0.2, 0.25) is 0 Å². The van der Waals surface area contributed by atoms with Crippen molar-refractivity contribution in [3.63, 3.8) is 0 Å². The molecule has 1 aliphatic rings. The van der Waals surface area contributed by atoms with Crippen molar-refractivity contribution in [3.05, 3.63) is 27.5 Å². The second-order valence-corrected chi connectivity index (χ2v) is 4.20. The molecule has 0 aromatic carbocycles. The lowest BCUT2D eigenvalue weighted by molar-refractivity contribution is 0.251. The van der Waals surface area contributed by atoms with Crippen LogP contribution in [-0.2, 0) is 0 Å². The smallest absolute Gasteiger partial charge is 0.254 e. The van der Waals surface area contributed by atoms with E-state index in [1.807, 2.05) is 13.8 Å². The van der Waals surface area contributed by atoms with E-state index in [1.54, 1.807) is 6.07 Å². The van der Waals surface area contributed by atoms with Gasteiger partial charge in [-0.05, 0) is 18.9 Å². The fourth-order valence-electron chi connectivity index (χ4n) is 2.15. The number of nitrogen functional groups attached to an aromatic ring is 1. The summed E-state index contributed by atoms with van der Waals surface area (Å²) < 4.78 is 0. The molecule has 5 N–H and O–H groups in total. The van der Waals surface area contributed by atoms with Gasteiger partial charge in [0.05, 0.1) is 12.2 Å². The predicted octanol–water partition coefficient (Wildman–Crippen LogP) is 0.750. The molecule has 5 nitrogen and oxygen atoms in total. The molecular formula is C14H21N3O2. The van der Waals surface area contributed by atoms with E-state index in [0.717, 1.165) is 12.8 Å². The summed E-state index contributed by atoms with van der Waals surface area (Å²) in [5.41, 5.74) is 6.45. The second kappa shape index (κ2) is 6.98. The molecule has 0 radical (unpaired) electrons. The summed E-state index contributed by atoms with van der Waals surface area (Å²) in [6.45, 7) is 4.07. The highest BCUT2D eigenvalue weighted by Crippen LogP contribution is 2.25. The van der Waals surface area contributed by atoms with Crippen molar-refractivity contribution >= 4 is 5.82 Å². The molecule has 0 bridgehead atoms. The summed E-state index contributed by atoms with van der Waals surface area (Å²) in [6.07, 6.45) is 6.96. The fraction of sp³-hybridized carbons (Fsp3) is 0.500. The van der Waals surface area contributed by atoms with Crippen molar-refractivity contribution in [2.24, 2.45) is 0 Å². The Morgan fingerprint density at radius 3 is 2.74 bits per heavy atom. The number of pyridine rings is 1. The minimum absolute atomic E-state index is 0.0474. The summed E-state index contributed by atoms with van der Waals surface area (Å²) in [5, 5.41) is 12.2. The Labute approximate surface area is 113 Å². The van der Waals surface area contributed by atoms with E-state index in [-0.39, 0.29) is 30.1 Å². The third-order valence-electron chi connectivity index (χ3n) is 3.09. The zero-order valence-electron chi connectivity index (χ0n) is 11.4. The Morgan fingerprint density at radius 1 is 1.53 bits per heavy atom. The zero-order chi connectivity index (χ0) is 14.4. The average Bonchev–Trinajstić information content (AvgIpc) is 2.90. The van der Waals surface area contributed by atoms with Gasteiger partial charge in [-0.15, -0.1) is 6.42 Å². The zero-order valence-corrected chi connectivity index (χ0v) is 11.4. The molecule has 1 saturated heterocycles. The molecule has 2 heterocycles. The molecule has 0 aliphatic carbocycles. The first-order chi connectivity index (χ1) is 9.15. The molecular weight excluding hydrogens is 242 g/mol. The maximum atomic E-state index is 11.8. The number of aromatic nitrogens is 1. The minimum atomic E-state index is -0.224. The first-order valence-corrected chi connectivity index (χ1v) is 6.52. The molecule has 0 spiro atoms. The number of hydrogen-bond acceptors (Lipinski definition) is 4. The summed E-state index contributed by atoms with van der Waals surface area (Å²) in [6, 6.07) is 1.63. The van der Waals surface area contributed by atoms with Gasteiger partial charge in [0.1, 0.15) is 5.82 Å². The van der Waals surface area contributed by atoms with Gasteiger partial charge in [-0.2, -0.15) is 0 Å². The molecule has 5 heteroatoms. The first kappa shape index (κ1) is 15.3. The number of hydrogen-bond donors (Lipinski definition) is 4. The molecule has 1 fully saturated rings. The van der Waals surface area contributed by atoms with Crippen molar-refractivity contribution in [1.29, 1.82) is 0 Å². The number of H-pyrrole nitrogens is 1. The summed E-state index contributed by atoms with van der Waals surface area (Å²) in [5.74, 6) is 2.66. The van der Waals surface area contributed by atoms with Crippen LogP contribution in [0.1, 0.15) is 43.9 Å². The summed E-state index contributed by atoms with van der Waals surface area (Å²) in [7, 11) is 0. The van der Waals surface area contributed by atoms with Crippen LogP contribution in [0, 0.1) is 12.3 Å². The summed E-state index contributed by atoms with van der Waals surface area (Å²) in [4.78, 5) is 14.3. The molecule has 1 aromatic rings. The third kappa shape index (κ3) is 3.37. The van der Waals surface area contributed by atoms with E-state index in [4.69, 9.17) is 17.3 Å². The number of aliphatic hydroxyl groups excluding tert-OH is 1. The number of anilines is 1. The quantitative estimate of drug-likeness (QED) is 0.593. The van der Waals surface area contributed by atoms with Gasteiger partial charge in [0.15, 0.2) is 0 Å². The number of aliphatic hydroxyl groups is 1. The van der Waals surface area contributed by atoms with Crippen LogP contribution in [0.3, 0.4) is 0 Å². The highest BCUT2D eigenvalue weighted by molar-refractivity contribution is 5.51. The standard InChI is InChI=1S/C12H15N3O2.C2H6/c1-2-7-5-9(12(17)15-11(7)13)10-4-3-8(6-16)14-10;1-2/h1,5,8,10,14,16H,3-4,6H2,(H3,13,15,17);1-2H3. The lowest BCUT2D eigenvalue weighted by Gasteiger charge is -2.13. The maximum absolute atomic E-state index is 11.8. The molecule has 0 amide bonds. The predicted molar refractivity (Wildman–Crippen MR) is 76.7 cm³/mol. The topological polar surface area (TPSA) is 91.1 Å². The van der Waals surface area contributed by atoms with E-state index in [9.17, 15) is 4.79 Å². The number of aromatic amines is 1. The molecule has 2 unspecified atom stereocenters. The largest absolute Gasteiger partial charge is 0.395 e. The van der Waals surface area contributed by atoms with Gasteiger partial charge in [0, 0.05) is 17.6 Å². The third-order valence-corrected chi connectivity index (χ3v) is 3.09. The van der Waals surface area contributed by atoms with Gasteiger partial charge in [0.2, 0.25) is 0 Å². The lowest BCUT2D eigenvalue weighted by Crippen LogP contribution is -2.30. The number of terminal acetylenes is 1. The first-order valence-electron chi connectivity index (χ1n) is 6.52. The second-order valence-electron chi connectivity index (χ2n) is 4.20. The van der Waals surface area contributed by atoms with Gasteiger partial charge in [-0.25, -0.2) is 0 Å². The molecule has 2 atom stereocenters. The van der Waals surface area contributed by atoms with Gasteiger partial charge in [-0.3, -0.25) is 4.79 Å². The van der Waals surface area contributed by atoms with Crippen molar-refractivity contribution in [1.82, 2.24) is 10.3 Å². The Balaban J connectivity index is 0.000000861. The normalized spacial score (nSPS) is 21.4. The number of nitrogens with one attached hydrogen (secondary N) is 2. The number of rotatable bonds is 2. The Morgan fingerprint density at radius 2 is 2.21 bits per heavy atom. The highest BCUT2D eigenvalue weighted by atomic mass is 16.3. The minimum Gasteiger partial charge on any atom is -0.395 e. The summed E-state index contributed by atoms with van der Waals surface area (Å²) >= 11 is 0. The molecule has 104 valence electrons. The molecule has 19 heavy (non-hydrogen) atoms. The van der Waals surface area contributed by atoms with Gasteiger partial charge >= 0.3 is 0 Å². The van der Waals surface area contributed by atoms with Gasteiger partial charge in [-0.1, -0.05) is 19.8 Å². The van der Waals surface area contributed by atoms with Crippen molar-refractivity contribution in [3.8, 4) is 12.3 Å². The Kier molecular flexibility index (Phi) is 5.61. The van der Waals surface area contributed by atoms with E-state index >= 15 is 0 Å². The maximum Gasteiger partial charge on any atom is 0.254 e. The van der Waals surface area contributed by atoms with Gasteiger partial charge in [0.25, 0.3) is 5.56 Å². The van der Waals surface area contributed by atoms with E-state index in [1.165, 1.54) is 0 Å². The van der Waals surface area contributed by atoms with Gasteiger partial charge < -0.3 is 21.1 Å². The average molecular weight is 263 g/mol. The fourth-order valence-corrected chi connectivity index (χ4v) is 2.15. The monoisotopic (exact) mass is 263 g/mol. The van der Waals surface area contributed by atoms with Crippen LogP contribution >= 0.6 is 0 Å². The molecule has 0 saturated carbocycles. The van der Waals surface area contributed by atoms with Crippen LogP contribution in [0.5, 0.6) is 0 Å². The molecule has 1 aromatic heterocycles.